The number of rotatable bonds is 6. The van der Waals surface area contributed by atoms with Crippen LogP contribution < -0.4 is 4.72 Å². The fraction of sp³-hybridized carbons (Fsp3) is 0.364. The lowest BCUT2D eigenvalue weighted by molar-refractivity contribution is -0.174. The lowest BCUT2D eigenvalue weighted by Crippen LogP contribution is -2.31. The zero-order valence-electron chi connectivity index (χ0n) is 10.2. The Kier molecular flexibility index (Phi) is 5.52. The molecule has 1 aromatic carbocycles. The minimum absolute atomic E-state index is 0.107. The Morgan fingerprint density at radius 1 is 1.20 bits per heavy atom. The maximum absolute atomic E-state index is 11.8. The maximum Gasteiger partial charge on any atom is 0.411 e. The number of carbonyl (C=O) groups is 1. The number of hydrogen-bond acceptors (Lipinski definition) is 4. The van der Waals surface area contributed by atoms with Gasteiger partial charge in [-0.05, 0) is 12.1 Å². The monoisotopic (exact) mass is 311 g/mol. The molecule has 0 saturated heterocycles. The summed E-state index contributed by atoms with van der Waals surface area (Å²) in [5, 5.41) is 0. The highest BCUT2D eigenvalue weighted by Crippen LogP contribution is 2.14. The van der Waals surface area contributed by atoms with Crippen LogP contribution in [0.3, 0.4) is 0 Å². The van der Waals surface area contributed by atoms with Crippen molar-refractivity contribution in [1.82, 2.24) is 4.72 Å². The number of hydrogen-bond donors (Lipinski definition) is 1. The van der Waals surface area contributed by atoms with E-state index in [-0.39, 0.29) is 4.90 Å². The van der Waals surface area contributed by atoms with E-state index in [4.69, 9.17) is 0 Å². The highest BCUT2D eigenvalue weighted by Gasteiger charge is 2.27. The summed E-state index contributed by atoms with van der Waals surface area (Å²) in [5.74, 6) is -0.934. The van der Waals surface area contributed by atoms with Gasteiger partial charge in [0.25, 0.3) is 10.0 Å². The van der Waals surface area contributed by atoms with Gasteiger partial charge in [-0.15, -0.1) is 0 Å². The van der Waals surface area contributed by atoms with Gasteiger partial charge in [0.15, 0.2) is 0 Å². The maximum atomic E-state index is 11.8. The first-order valence-corrected chi connectivity index (χ1v) is 6.94. The molecule has 0 aliphatic heterocycles. The fourth-order valence-electron chi connectivity index (χ4n) is 1.21. The third-order valence-corrected chi connectivity index (χ3v) is 3.43. The second-order valence-electron chi connectivity index (χ2n) is 3.76. The topological polar surface area (TPSA) is 72.5 Å². The number of benzene rings is 1. The van der Waals surface area contributed by atoms with Gasteiger partial charge in [0, 0.05) is 0 Å². The molecule has 9 heteroatoms. The van der Waals surface area contributed by atoms with Crippen molar-refractivity contribution in [1.29, 1.82) is 0 Å². The first kappa shape index (κ1) is 16.4. The van der Waals surface area contributed by atoms with E-state index in [2.05, 4.69) is 4.74 Å². The molecule has 0 aliphatic carbocycles. The number of carbonyl (C=O) groups excluding carboxylic acids is 1. The van der Waals surface area contributed by atoms with Gasteiger partial charge in [0.2, 0.25) is 5.91 Å². The van der Waals surface area contributed by atoms with Crippen LogP contribution in [0.5, 0.6) is 0 Å². The van der Waals surface area contributed by atoms with Gasteiger partial charge in [-0.2, -0.15) is 13.2 Å². The van der Waals surface area contributed by atoms with E-state index in [1.165, 1.54) is 24.3 Å². The molecule has 0 saturated carbocycles. The minimum Gasteiger partial charge on any atom is -0.372 e. The van der Waals surface area contributed by atoms with Crippen molar-refractivity contribution in [3.8, 4) is 0 Å². The number of sulfonamides is 1. The van der Waals surface area contributed by atoms with Crippen LogP contribution in [-0.2, 0) is 19.6 Å². The first-order valence-electron chi connectivity index (χ1n) is 5.46. The summed E-state index contributed by atoms with van der Waals surface area (Å²) in [4.78, 5) is 11.2. The van der Waals surface area contributed by atoms with Crippen LogP contribution in [0.25, 0.3) is 0 Å². The van der Waals surface area contributed by atoms with Crippen LogP contribution in [0.1, 0.15) is 6.42 Å². The zero-order valence-corrected chi connectivity index (χ0v) is 11.0. The van der Waals surface area contributed by atoms with Crippen molar-refractivity contribution in [2.45, 2.75) is 17.5 Å². The summed E-state index contributed by atoms with van der Waals surface area (Å²) in [7, 11) is -4.00. The molecule has 112 valence electrons. The Hall–Kier alpha value is -1.61. The van der Waals surface area contributed by atoms with Crippen molar-refractivity contribution in [2.24, 2.45) is 0 Å². The molecule has 5 nitrogen and oxygen atoms in total. The average Bonchev–Trinajstić information content (AvgIpc) is 2.34. The molecule has 0 aliphatic rings. The molecule has 0 spiro atoms. The Balaban J connectivity index is 2.43. The molecular weight excluding hydrogens is 299 g/mol. The number of ether oxygens (including phenoxy) is 1. The van der Waals surface area contributed by atoms with Crippen LogP contribution >= 0.6 is 0 Å². The van der Waals surface area contributed by atoms with E-state index in [0.717, 1.165) is 0 Å². The fourth-order valence-corrected chi connectivity index (χ4v) is 2.25. The van der Waals surface area contributed by atoms with Gasteiger partial charge >= 0.3 is 6.18 Å². The third-order valence-electron chi connectivity index (χ3n) is 2.04. The lowest BCUT2D eigenvalue weighted by atomic mass is 10.4. The van der Waals surface area contributed by atoms with Crippen LogP contribution in [0, 0.1) is 0 Å². The Morgan fingerprint density at radius 3 is 2.35 bits per heavy atom. The zero-order chi connectivity index (χ0) is 15.2. The largest absolute Gasteiger partial charge is 0.411 e. The Morgan fingerprint density at radius 2 is 1.80 bits per heavy atom. The summed E-state index contributed by atoms with van der Waals surface area (Å²) in [6.07, 6.45) is -4.96. The van der Waals surface area contributed by atoms with Crippen molar-refractivity contribution in [3.63, 3.8) is 0 Å². The summed E-state index contributed by atoms with van der Waals surface area (Å²) in [6, 6.07) is 7.13. The second-order valence-corrected chi connectivity index (χ2v) is 5.44. The molecule has 0 radical (unpaired) electrons. The van der Waals surface area contributed by atoms with Gasteiger partial charge < -0.3 is 4.74 Å². The van der Waals surface area contributed by atoms with Crippen LogP contribution in [0.2, 0.25) is 0 Å². The molecular formula is C11H12F3NO4S. The summed E-state index contributed by atoms with van der Waals surface area (Å²) >= 11 is 0. The molecule has 20 heavy (non-hydrogen) atoms. The SMILES string of the molecule is O=C(CCOCC(F)(F)F)NS(=O)(=O)c1ccccc1. The van der Waals surface area contributed by atoms with Gasteiger partial charge in [-0.1, -0.05) is 18.2 Å². The van der Waals surface area contributed by atoms with Gasteiger partial charge in [-0.3, -0.25) is 4.79 Å². The van der Waals surface area contributed by atoms with E-state index >= 15 is 0 Å². The molecule has 0 bridgehead atoms. The predicted molar refractivity (Wildman–Crippen MR) is 63.3 cm³/mol. The van der Waals surface area contributed by atoms with Crippen LogP contribution in [-0.4, -0.2) is 33.7 Å². The van der Waals surface area contributed by atoms with E-state index in [9.17, 15) is 26.4 Å². The van der Waals surface area contributed by atoms with Gasteiger partial charge in [-0.25, -0.2) is 13.1 Å². The standard InChI is InChI=1S/C11H12F3NO4S/c12-11(13,14)8-19-7-6-10(16)15-20(17,18)9-4-2-1-3-5-9/h1-5H,6-8H2,(H,15,16). The first-order chi connectivity index (χ1) is 9.21. The van der Waals surface area contributed by atoms with E-state index in [1.54, 1.807) is 10.8 Å². The normalized spacial score (nSPS) is 12.2. The average molecular weight is 311 g/mol. The number of amides is 1. The van der Waals surface area contributed by atoms with Gasteiger partial charge in [0.05, 0.1) is 17.9 Å². The Labute approximate surface area is 113 Å². The van der Waals surface area contributed by atoms with Crippen molar-refractivity contribution in [2.75, 3.05) is 13.2 Å². The summed E-state index contributed by atoms with van der Waals surface area (Å²) in [6.45, 7) is -2.00. The molecule has 0 aromatic heterocycles. The lowest BCUT2D eigenvalue weighted by Gasteiger charge is -2.08. The van der Waals surface area contributed by atoms with Crippen LogP contribution in [0.15, 0.2) is 35.2 Å². The molecule has 0 fully saturated rings. The molecule has 0 atom stereocenters. The smallest absolute Gasteiger partial charge is 0.372 e. The number of nitrogens with one attached hydrogen (secondary N) is 1. The van der Waals surface area contributed by atoms with Crippen LogP contribution in [0.4, 0.5) is 13.2 Å². The molecule has 1 aromatic rings. The summed E-state index contributed by atoms with van der Waals surface area (Å²) in [5.41, 5.74) is 0. The molecule has 1 amide bonds. The predicted octanol–water partition coefficient (Wildman–Crippen LogP) is 1.46. The van der Waals surface area contributed by atoms with E-state index in [1.807, 2.05) is 0 Å². The third kappa shape index (κ3) is 6.02. The van der Waals surface area contributed by atoms with Crippen molar-refractivity contribution < 1.29 is 31.1 Å². The highest BCUT2D eigenvalue weighted by atomic mass is 32.2. The van der Waals surface area contributed by atoms with Crippen molar-refractivity contribution in [3.05, 3.63) is 30.3 Å². The molecule has 0 heterocycles. The summed E-state index contributed by atoms with van der Waals surface area (Å²) < 4.78 is 64.6. The molecule has 0 unspecified atom stereocenters. The highest BCUT2D eigenvalue weighted by molar-refractivity contribution is 7.90. The second kappa shape index (κ2) is 6.71. The quantitative estimate of drug-likeness (QED) is 0.807. The Bertz CT molecular complexity index is 543. The number of halogens is 3. The van der Waals surface area contributed by atoms with Gasteiger partial charge in [0.1, 0.15) is 6.61 Å². The molecule has 1 N–H and O–H groups in total. The van der Waals surface area contributed by atoms with E-state index < -0.39 is 41.7 Å². The number of alkyl halides is 3. The molecule has 1 rings (SSSR count). The van der Waals surface area contributed by atoms with E-state index in [0.29, 0.717) is 0 Å². The van der Waals surface area contributed by atoms with Crippen molar-refractivity contribution >= 4 is 15.9 Å². The minimum atomic E-state index is -4.48.